The van der Waals surface area contributed by atoms with E-state index in [0.29, 0.717) is 21.2 Å². The molecule has 0 N–H and O–H groups in total. The molecule has 4 rings (SSSR count). The second-order valence-electron chi connectivity index (χ2n) is 5.56. The van der Waals surface area contributed by atoms with Crippen molar-refractivity contribution in [1.29, 1.82) is 0 Å². The van der Waals surface area contributed by atoms with E-state index in [1.54, 1.807) is 19.1 Å². The molecule has 0 aliphatic heterocycles. The maximum atomic E-state index is 12.3. The minimum absolute atomic E-state index is 0.00181. The van der Waals surface area contributed by atoms with Gasteiger partial charge in [0.05, 0.1) is 5.56 Å². The Hall–Kier alpha value is -3.06. The summed E-state index contributed by atoms with van der Waals surface area (Å²) in [4.78, 5) is 28.9. The molecule has 6 nitrogen and oxygen atoms in total. The number of carbonyl (C=O) groups excluding carboxylic acids is 1. The average molecular weight is 351 g/mol. The summed E-state index contributed by atoms with van der Waals surface area (Å²) in [6, 6.07) is 14.6. The zero-order chi connectivity index (χ0) is 17.4. The van der Waals surface area contributed by atoms with Crippen molar-refractivity contribution in [2.75, 3.05) is 0 Å². The van der Waals surface area contributed by atoms with Gasteiger partial charge in [0.2, 0.25) is 4.96 Å². The smallest absolute Gasteiger partial charge is 0.338 e. The predicted molar refractivity (Wildman–Crippen MR) is 94.9 cm³/mol. The highest BCUT2D eigenvalue weighted by Crippen LogP contribution is 2.17. The van der Waals surface area contributed by atoms with Crippen molar-refractivity contribution >= 4 is 33.0 Å². The fourth-order valence-electron chi connectivity index (χ4n) is 2.55. The molecule has 0 amide bonds. The van der Waals surface area contributed by atoms with Gasteiger partial charge in [0.1, 0.15) is 6.61 Å². The monoisotopic (exact) mass is 351 g/mol. The summed E-state index contributed by atoms with van der Waals surface area (Å²) in [5.74, 6) is -0.429. The van der Waals surface area contributed by atoms with Crippen LogP contribution in [0.4, 0.5) is 0 Å². The summed E-state index contributed by atoms with van der Waals surface area (Å²) in [6.07, 6.45) is 0. The molecule has 0 saturated heterocycles. The fourth-order valence-corrected chi connectivity index (χ4v) is 3.40. The number of rotatable bonds is 3. The first-order valence-corrected chi connectivity index (χ1v) is 8.44. The summed E-state index contributed by atoms with van der Waals surface area (Å²) in [7, 11) is 0. The van der Waals surface area contributed by atoms with Crippen molar-refractivity contribution in [2.24, 2.45) is 0 Å². The molecule has 0 aliphatic rings. The van der Waals surface area contributed by atoms with Crippen LogP contribution in [0.2, 0.25) is 0 Å². The standard InChI is InChI=1S/C18H13N3O3S/c1-11-8-16(22)21-18(19-11)25-15(20-21)10-24-17(23)14-7-6-12-4-2-3-5-13(12)9-14/h2-9H,10H2,1H3. The molecule has 2 heterocycles. The summed E-state index contributed by atoms with van der Waals surface area (Å²) in [6.45, 7) is 1.75. The lowest BCUT2D eigenvalue weighted by Gasteiger charge is -2.04. The third kappa shape index (κ3) is 3.01. The first-order valence-electron chi connectivity index (χ1n) is 7.62. The van der Waals surface area contributed by atoms with Crippen LogP contribution < -0.4 is 5.56 Å². The lowest BCUT2D eigenvalue weighted by atomic mass is 10.1. The number of aryl methyl sites for hydroxylation is 1. The van der Waals surface area contributed by atoms with Crippen LogP contribution in [0.1, 0.15) is 21.1 Å². The molecular weight excluding hydrogens is 338 g/mol. The van der Waals surface area contributed by atoms with Gasteiger partial charge in [-0.15, -0.1) is 0 Å². The van der Waals surface area contributed by atoms with Crippen molar-refractivity contribution in [1.82, 2.24) is 14.6 Å². The van der Waals surface area contributed by atoms with E-state index in [2.05, 4.69) is 10.1 Å². The molecular formula is C18H13N3O3S. The van der Waals surface area contributed by atoms with Gasteiger partial charge in [0.15, 0.2) is 5.01 Å². The van der Waals surface area contributed by atoms with E-state index in [1.165, 1.54) is 21.9 Å². The van der Waals surface area contributed by atoms with Crippen LogP contribution in [0.15, 0.2) is 53.3 Å². The number of hydrogen-bond donors (Lipinski definition) is 0. The van der Waals surface area contributed by atoms with E-state index in [9.17, 15) is 9.59 Å². The van der Waals surface area contributed by atoms with Gasteiger partial charge in [-0.3, -0.25) is 4.79 Å². The minimum atomic E-state index is -0.429. The predicted octanol–water partition coefficient (Wildman–Crippen LogP) is 2.97. The Bertz CT molecular complexity index is 1160. The van der Waals surface area contributed by atoms with Crippen LogP contribution in [-0.4, -0.2) is 20.6 Å². The SMILES string of the molecule is Cc1cc(=O)n2nc(COC(=O)c3ccc4ccccc4c3)sc2n1. The molecule has 0 spiro atoms. The maximum Gasteiger partial charge on any atom is 0.338 e. The third-order valence-electron chi connectivity index (χ3n) is 3.73. The van der Waals surface area contributed by atoms with E-state index in [1.807, 2.05) is 30.3 Å². The number of hydrogen-bond acceptors (Lipinski definition) is 6. The molecule has 124 valence electrons. The number of ether oxygens (including phenoxy) is 1. The molecule has 2 aromatic carbocycles. The molecule has 0 aliphatic carbocycles. The van der Waals surface area contributed by atoms with Gasteiger partial charge in [-0.1, -0.05) is 41.7 Å². The van der Waals surface area contributed by atoms with E-state index in [-0.39, 0.29) is 12.2 Å². The molecule has 2 aromatic heterocycles. The Balaban J connectivity index is 1.54. The van der Waals surface area contributed by atoms with Crippen molar-refractivity contribution in [3.05, 3.63) is 75.1 Å². The van der Waals surface area contributed by atoms with Crippen LogP contribution in [0, 0.1) is 6.92 Å². The van der Waals surface area contributed by atoms with Crippen LogP contribution in [-0.2, 0) is 11.3 Å². The molecule has 0 bridgehead atoms. The Kier molecular flexibility index (Phi) is 3.77. The first kappa shape index (κ1) is 15.5. The molecule has 0 saturated carbocycles. The number of aromatic nitrogens is 3. The van der Waals surface area contributed by atoms with Crippen molar-refractivity contribution < 1.29 is 9.53 Å². The fraction of sp³-hybridized carbons (Fsp3) is 0.111. The number of carbonyl (C=O) groups is 1. The zero-order valence-corrected chi connectivity index (χ0v) is 14.1. The maximum absolute atomic E-state index is 12.3. The van der Waals surface area contributed by atoms with Gasteiger partial charge >= 0.3 is 5.97 Å². The first-order chi connectivity index (χ1) is 12.1. The van der Waals surface area contributed by atoms with E-state index in [0.717, 1.165) is 10.8 Å². The second kappa shape index (κ2) is 6.10. The van der Waals surface area contributed by atoms with E-state index < -0.39 is 5.97 Å². The molecule has 7 heteroatoms. The summed E-state index contributed by atoms with van der Waals surface area (Å²) < 4.78 is 6.55. The highest BCUT2D eigenvalue weighted by Gasteiger charge is 2.12. The van der Waals surface area contributed by atoms with Crippen LogP contribution in [0.3, 0.4) is 0 Å². The largest absolute Gasteiger partial charge is 0.455 e. The Labute approximate surface area is 146 Å². The lowest BCUT2D eigenvalue weighted by molar-refractivity contribution is 0.0471. The quantitative estimate of drug-likeness (QED) is 0.531. The Morgan fingerprint density at radius 2 is 1.96 bits per heavy atom. The number of nitrogens with zero attached hydrogens (tertiary/aromatic N) is 3. The van der Waals surface area contributed by atoms with Gasteiger partial charge < -0.3 is 4.74 Å². The molecule has 0 unspecified atom stereocenters. The van der Waals surface area contributed by atoms with Gasteiger partial charge in [-0.2, -0.15) is 9.61 Å². The van der Waals surface area contributed by atoms with E-state index >= 15 is 0 Å². The van der Waals surface area contributed by atoms with Gasteiger partial charge in [0, 0.05) is 11.8 Å². The van der Waals surface area contributed by atoms with Gasteiger partial charge in [0.25, 0.3) is 5.56 Å². The van der Waals surface area contributed by atoms with Crippen LogP contribution in [0.25, 0.3) is 15.7 Å². The zero-order valence-electron chi connectivity index (χ0n) is 13.3. The van der Waals surface area contributed by atoms with Gasteiger partial charge in [-0.05, 0) is 29.8 Å². The Morgan fingerprint density at radius 3 is 2.80 bits per heavy atom. The number of benzene rings is 2. The van der Waals surface area contributed by atoms with Gasteiger partial charge in [-0.25, -0.2) is 9.78 Å². The number of esters is 1. The highest BCUT2D eigenvalue weighted by atomic mass is 32.1. The van der Waals surface area contributed by atoms with Crippen LogP contribution >= 0.6 is 11.3 Å². The molecule has 0 radical (unpaired) electrons. The van der Waals surface area contributed by atoms with Crippen molar-refractivity contribution in [3.8, 4) is 0 Å². The second-order valence-corrected chi connectivity index (χ2v) is 6.60. The Morgan fingerprint density at radius 1 is 1.16 bits per heavy atom. The molecule has 0 atom stereocenters. The number of fused-ring (bicyclic) bond motifs is 2. The molecule has 4 aromatic rings. The summed E-state index contributed by atoms with van der Waals surface area (Å²) >= 11 is 1.23. The molecule has 25 heavy (non-hydrogen) atoms. The summed E-state index contributed by atoms with van der Waals surface area (Å²) in [5, 5.41) is 6.71. The highest BCUT2D eigenvalue weighted by molar-refractivity contribution is 7.16. The third-order valence-corrected chi connectivity index (χ3v) is 4.61. The minimum Gasteiger partial charge on any atom is -0.455 e. The van der Waals surface area contributed by atoms with E-state index in [4.69, 9.17) is 4.74 Å². The van der Waals surface area contributed by atoms with Crippen molar-refractivity contribution in [2.45, 2.75) is 13.5 Å². The topological polar surface area (TPSA) is 73.6 Å². The lowest BCUT2D eigenvalue weighted by Crippen LogP contribution is -2.14. The normalized spacial score (nSPS) is 11.1. The summed E-state index contributed by atoms with van der Waals surface area (Å²) in [5.41, 5.74) is 0.866. The van der Waals surface area contributed by atoms with Crippen LogP contribution in [0.5, 0.6) is 0 Å². The molecule has 0 fully saturated rings. The average Bonchev–Trinajstić information content (AvgIpc) is 3.02. The van der Waals surface area contributed by atoms with Crippen molar-refractivity contribution in [3.63, 3.8) is 0 Å².